The molecule has 0 aliphatic heterocycles. The molecule has 2 aromatic heterocycles. The Morgan fingerprint density at radius 2 is 2.10 bits per heavy atom. The van der Waals surface area contributed by atoms with Crippen molar-refractivity contribution in [2.24, 2.45) is 10.9 Å². The van der Waals surface area contributed by atoms with Gasteiger partial charge in [-0.15, -0.1) is 22.7 Å². The molecule has 2 heterocycles. The number of rotatable bonds is 4. The van der Waals surface area contributed by atoms with Gasteiger partial charge < -0.3 is 10.9 Å². The van der Waals surface area contributed by atoms with Gasteiger partial charge in [-0.3, -0.25) is 4.79 Å². The molecule has 0 spiro atoms. The fraction of sp³-hybridized carbons (Fsp3) is 0.0769. The lowest BCUT2D eigenvalue weighted by molar-refractivity contribution is -0.117. The summed E-state index contributed by atoms with van der Waals surface area (Å²) in [6.45, 7) is 0. The standard InChI is InChI=1S/C13H10N4O2S2/c14-10(18)5-7-6-20-12(15-7)11(17-19)13-16-8-3-1-2-4-9(8)21-13/h1-4,6,19H,5H2,(H2,14,18). The van der Waals surface area contributed by atoms with Gasteiger partial charge in [0, 0.05) is 5.38 Å². The maximum absolute atomic E-state index is 10.9. The first kappa shape index (κ1) is 13.7. The summed E-state index contributed by atoms with van der Waals surface area (Å²) >= 11 is 2.71. The highest BCUT2D eigenvalue weighted by Crippen LogP contribution is 2.25. The molecule has 3 rings (SSSR count). The van der Waals surface area contributed by atoms with E-state index in [1.54, 1.807) is 5.38 Å². The number of carbonyl (C=O) groups excluding carboxylic acids is 1. The number of carbonyl (C=O) groups is 1. The van der Waals surface area contributed by atoms with E-state index in [-0.39, 0.29) is 6.42 Å². The summed E-state index contributed by atoms with van der Waals surface area (Å²) in [7, 11) is 0. The third-order valence-electron chi connectivity index (χ3n) is 2.71. The Hall–Kier alpha value is -2.32. The molecular weight excluding hydrogens is 308 g/mol. The van der Waals surface area contributed by atoms with Gasteiger partial charge in [0.15, 0.2) is 5.71 Å². The zero-order chi connectivity index (χ0) is 14.8. The van der Waals surface area contributed by atoms with E-state index >= 15 is 0 Å². The average Bonchev–Trinajstić information content (AvgIpc) is 3.06. The van der Waals surface area contributed by atoms with Crippen LogP contribution in [0.1, 0.15) is 15.7 Å². The highest BCUT2D eigenvalue weighted by Gasteiger charge is 2.17. The molecule has 1 amide bonds. The smallest absolute Gasteiger partial charge is 0.223 e. The minimum absolute atomic E-state index is 0.0645. The van der Waals surface area contributed by atoms with Gasteiger partial charge >= 0.3 is 0 Å². The van der Waals surface area contributed by atoms with Gasteiger partial charge in [0.2, 0.25) is 5.91 Å². The van der Waals surface area contributed by atoms with Gasteiger partial charge in [-0.2, -0.15) is 0 Å². The van der Waals surface area contributed by atoms with Crippen LogP contribution in [-0.4, -0.2) is 26.8 Å². The minimum atomic E-state index is -0.450. The quantitative estimate of drug-likeness (QED) is 0.436. The van der Waals surface area contributed by atoms with Crippen LogP contribution in [0.4, 0.5) is 0 Å². The molecule has 0 fully saturated rings. The molecule has 0 atom stereocenters. The Bertz CT molecular complexity index is 804. The normalized spacial score (nSPS) is 11.9. The molecule has 0 radical (unpaired) electrons. The number of nitrogens with zero attached hydrogens (tertiary/aromatic N) is 3. The summed E-state index contributed by atoms with van der Waals surface area (Å²) < 4.78 is 1.00. The van der Waals surface area contributed by atoms with Crippen molar-refractivity contribution in [1.29, 1.82) is 0 Å². The number of benzene rings is 1. The molecule has 8 heteroatoms. The van der Waals surface area contributed by atoms with Gasteiger partial charge in [-0.25, -0.2) is 9.97 Å². The van der Waals surface area contributed by atoms with Crippen molar-refractivity contribution in [1.82, 2.24) is 9.97 Å². The first-order valence-electron chi connectivity index (χ1n) is 5.98. The Morgan fingerprint density at radius 3 is 2.81 bits per heavy atom. The van der Waals surface area contributed by atoms with Crippen LogP contribution in [0.5, 0.6) is 0 Å². The van der Waals surface area contributed by atoms with Crippen molar-refractivity contribution >= 4 is 44.5 Å². The second kappa shape index (κ2) is 5.58. The van der Waals surface area contributed by atoms with Crippen LogP contribution in [0, 0.1) is 0 Å². The van der Waals surface area contributed by atoms with Crippen LogP contribution in [0.15, 0.2) is 34.8 Å². The maximum Gasteiger partial charge on any atom is 0.223 e. The lowest BCUT2D eigenvalue weighted by atomic mass is 10.3. The van der Waals surface area contributed by atoms with Gasteiger partial charge in [0.05, 0.1) is 22.3 Å². The van der Waals surface area contributed by atoms with Gasteiger partial charge in [0.25, 0.3) is 0 Å². The first-order valence-corrected chi connectivity index (χ1v) is 7.68. The predicted octanol–water partition coefficient (Wildman–Crippen LogP) is 2.01. The third-order valence-corrected chi connectivity index (χ3v) is 4.65. The minimum Gasteiger partial charge on any atom is -0.410 e. The number of oxime groups is 1. The van der Waals surface area contributed by atoms with E-state index < -0.39 is 5.91 Å². The number of hydrogen-bond acceptors (Lipinski definition) is 7. The van der Waals surface area contributed by atoms with E-state index in [1.165, 1.54) is 22.7 Å². The zero-order valence-corrected chi connectivity index (χ0v) is 12.3. The van der Waals surface area contributed by atoms with Crippen molar-refractivity contribution in [3.63, 3.8) is 0 Å². The van der Waals surface area contributed by atoms with Crippen LogP contribution >= 0.6 is 22.7 Å². The SMILES string of the molecule is NC(=O)Cc1csc(C(=NO)c2nc3ccccc3s2)n1. The summed E-state index contributed by atoms with van der Waals surface area (Å²) in [6, 6.07) is 7.67. The summed E-state index contributed by atoms with van der Waals surface area (Å²) in [6.07, 6.45) is 0.0645. The monoisotopic (exact) mass is 318 g/mol. The van der Waals surface area contributed by atoms with Crippen molar-refractivity contribution in [3.8, 4) is 0 Å². The molecule has 0 aliphatic carbocycles. The van der Waals surface area contributed by atoms with Crippen LogP contribution in [0.25, 0.3) is 10.2 Å². The van der Waals surface area contributed by atoms with E-state index in [2.05, 4.69) is 15.1 Å². The topological polar surface area (TPSA) is 101 Å². The number of primary amides is 1. The van der Waals surface area contributed by atoms with Gasteiger partial charge in [-0.1, -0.05) is 17.3 Å². The number of aromatic nitrogens is 2. The van der Waals surface area contributed by atoms with Crippen molar-refractivity contribution < 1.29 is 10.0 Å². The molecule has 0 saturated carbocycles. The molecule has 0 bridgehead atoms. The highest BCUT2D eigenvalue weighted by atomic mass is 32.1. The summed E-state index contributed by atoms with van der Waals surface area (Å²) in [5.74, 6) is -0.450. The van der Waals surface area contributed by atoms with E-state index in [0.717, 1.165) is 10.2 Å². The van der Waals surface area contributed by atoms with Gasteiger partial charge in [-0.05, 0) is 12.1 Å². The molecule has 21 heavy (non-hydrogen) atoms. The Kier molecular flexibility index (Phi) is 3.63. The van der Waals surface area contributed by atoms with Crippen molar-refractivity contribution in [3.05, 3.63) is 45.4 Å². The second-order valence-electron chi connectivity index (χ2n) is 4.22. The summed E-state index contributed by atoms with van der Waals surface area (Å²) in [5, 5.41) is 15.4. The van der Waals surface area contributed by atoms with Crippen LogP contribution in [0.2, 0.25) is 0 Å². The summed E-state index contributed by atoms with van der Waals surface area (Å²) in [4.78, 5) is 19.6. The largest absolute Gasteiger partial charge is 0.410 e. The fourth-order valence-corrected chi connectivity index (χ4v) is 3.64. The summed E-state index contributed by atoms with van der Waals surface area (Å²) in [5.41, 5.74) is 6.84. The van der Waals surface area contributed by atoms with Gasteiger partial charge in [0.1, 0.15) is 10.0 Å². The fourth-order valence-electron chi connectivity index (χ4n) is 1.83. The molecular formula is C13H10N4O2S2. The van der Waals surface area contributed by atoms with E-state index in [1.807, 2.05) is 24.3 Å². The van der Waals surface area contributed by atoms with E-state index in [0.29, 0.717) is 21.4 Å². The Morgan fingerprint density at radius 1 is 1.29 bits per heavy atom. The number of fused-ring (bicyclic) bond motifs is 1. The first-order chi connectivity index (χ1) is 10.2. The lowest BCUT2D eigenvalue weighted by Crippen LogP contribution is -2.14. The molecule has 0 unspecified atom stereocenters. The van der Waals surface area contributed by atoms with E-state index in [4.69, 9.17) is 5.73 Å². The number of hydrogen-bond donors (Lipinski definition) is 2. The predicted molar refractivity (Wildman–Crippen MR) is 82.1 cm³/mol. The molecule has 3 aromatic rings. The molecule has 3 N–H and O–H groups in total. The molecule has 0 aliphatic rings. The second-order valence-corrected chi connectivity index (χ2v) is 6.11. The Balaban J connectivity index is 1.98. The van der Waals surface area contributed by atoms with Crippen LogP contribution in [-0.2, 0) is 11.2 Å². The maximum atomic E-state index is 10.9. The number of nitrogens with two attached hydrogens (primary N) is 1. The Labute approximate surface area is 127 Å². The highest BCUT2D eigenvalue weighted by molar-refractivity contribution is 7.21. The number of thiazole rings is 2. The number of para-hydroxylation sites is 1. The third kappa shape index (κ3) is 2.76. The zero-order valence-electron chi connectivity index (χ0n) is 10.7. The molecule has 106 valence electrons. The molecule has 6 nitrogen and oxygen atoms in total. The van der Waals surface area contributed by atoms with Crippen molar-refractivity contribution in [2.75, 3.05) is 0 Å². The van der Waals surface area contributed by atoms with Crippen LogP contribution in [0.3, 0.4) is 0 Å². The lowest BCUT2D eigenvalue weighted by Gasteiger charge is -1.94. The van der Waals surface area contributed by atoms with E-state index in [9.17, 15) is 10.0 Å². The van der Waals surface area contributed by atoms with Crippen molar-refractivity contribution in [2.45, 2.75) is 6.42 Å². The number of amides is 1. The van der Waals surface area contributed by atoms with Crippen LogP contribution < -0.4 is 5.73 Å². The molecule has 1 aromatic carbocycles. The molecule has 0 saturated heterocycles. The average molecular weight is 318 g/mol.